The summed E-state index contributed by atoms with van der Waals surface area (Å²) in [6.07, 6.45) is -0.00801. The van der Waals surface area contributed by atoms with Crippen LogP contribution in [0.5, 0.6) is 6.01 Å². The van der Waals surface area contributed by atoms with E-state index >= 15 is 4.39 Å². The van der Waals surface area contributed by atoms with Crippen LogP contribution in [0.1, 0.15) is 61.9 Å². The van der Waals surface area contributed by atoms with Crippen LogP contribution in [0.15, 0.2) is 22.9 Å². The minimum absolute atomic E-state index is 0.000476. The molecular formula is C35H39F5N10O3. The maximum Gasteiger partial charge on any atom is 0.418 e. The molecule has 18 heteroatoms. The zero-order valence-corrected chi connectivity index (χ0v) is 29.6. The van der Waals surface area contributed by atoms with E-state index in [1.807, 2.05) is 18.7 Å². The number of aromatic nitrogens is 6. The van der Waals surface area contributed by atoms with Gasteiger partial charge in [-0.05, 0) is 37.9 Å². The number of nitrogens with two attached hydrogens (primary N) is 1. The van der Waals surface area contributed by atoms with Gasteiger partial charge in [0.15, 0.2) is 11.6 Å². The first-order chi connectivity index (χ1) is 25.1. The highest BCUT2D eigenvalue weighted by molar-refractivity contribution is 5.93. The van der Waals surface area contributed by atoms with Crippen LogP contribution in [0, 0.1) is 18.7 Å². The second-order valence-electron chi connectivity index (χ2n) is 14.4. The first-order valence-electron chi connectivity index (χ1n) is 17.4. The molecule has 3 fully saturated rings. The fourth-order valence-electron chi connectivity index (χ4n) is 7.55. The first-order valence-corrected chi connectivity index (χ1v) is 17.4. The van der Waals surface area contributed by atoms with E-state index in [2.05, 4.69) is 30.1 Å². The monoisotopic (exact) mass is 742 g/mol. The molecular weight excluding hydrogens is 703 g/mol. The number of fused-ring (bicyclic) bond motifs is 2. The molecule has 0 unspecified atom stereocenters. The Morgan fingerprint density at radius 2 is 1.96 bits per heavy atom. The number of nitrogen functional groups attached to an aromatic ring is 1. The number of rotatable bonds is 10. The van der Waals surface area contributed by atoms with Crippen LogP contribution >= 0.6 is 0 Å². The topological polar surface area (TPSA) is 153 Å². The van der Waals surface area contributed by atoms with E-state index in [9.17, 15) is 22.4 Å². The van der Waals surface area contributed by atoms with E-state index in [1.165, 1.54) is 25.3 Å². The maximum absolute atomic E-state index is 16.5. The second kappa shape index (κ2) is 13.8. The predicted octanol–water partition coefficient (Wildman–Crippen LogP) is 5.20. The molecule has 4 aromatic rings. The molecule has 0 radical (unpaired) electrons. The van der Waals surface area contributed by atoms with Crippen LogP contribution in [-0.4, -0.2) is 104 Å². The summed E-state index contributed by atoms with van der Waals surface area (Å²) in [7, 11) is 1.72. The van der Waals surface area contributed by atoms with Crippen LogP contribution in [0.2, 0.25) is 0 Å². The van der Waals surface area contributed by atoms with E-state index in [0.29, 0.717) is 38.4 Å². The average Bonchev–Trinajstić information content (AvgIpc) is 3.77. The van der Waals surface area contributed by atoms with Gasteiger partial charge in [-0.2, -0.15) is 28.1 Å². The van der Waals surface area contributed by atoms with Crippen LogP contribution in [-0.2, 0) is 11.0 Å². The molecule has 282 valence electrons. The van der Waals surface area contributed by atoms with Gasteiger partial charge < -0.3 is 24.8 Å². The van der Waals surface area contributed by atoms with Crippen molar-refractivity contribution in [1.82, 2.24) is 39.9 Å². The SMILES string of the molecule is Cc1cc(N)nc(-c2ncc3c(N(C)CC4CN(C(=O)/C=C/c5nc(C(C)C)no5)C4)nc(OC[C@@]45CCCN4C[C@H](F)C5)nc3c2F)c1C(F)(F)F. The molecule has 0 aliphatic carbocycles. The summed E-state index contributed by atoms with van der Waals surface area (Å²) >= 11 is 0. The Labute approximate surface area is 301 Å². The van der Waals surface area contributed by atoms with Crippen molar-refractivity contribution in [2.75, 3.05) is 57.0 Å². The molecule has 1 amide bonds. The number of pyridine rings is 2. The van der Waals surface area contributed by atoms with Crippen LogP contribution < -0.4 is 15.4 Å². The lowest BCUT2D eigenvalue weighted by atomic mass is 9.95. The van der Waals surface area contributed by atoms with Crippen LogP contribution in [0.4, 0.5) is 33.6 Å². The zero-order chi connectivity index (χ0) is 37.8. The third-order valence-corrected chi connectivity index (χ3v) is 10.1. The standard InChI is InChI=1S/C35H39F5N10O3/c1-18(2)31-44-24(53-47-31)6-7-25(51)49-14-20(15-49)13-48(4)32-22-12-42-30(29-26(35(38,39)40)19(3)10-23(41)43-29)27(37)28(22)45-33(46-32)52-17-34-8-5-9-50(34)16-21(36)11-34/h6-7,10,12,18,20-21H,5,8-9,11,13-17H2,1-4H3,(H2,41,43)/b7-6+/t21-,34+/m1/s1. The van der Waals surface area contributed by atoms with Crippen LogP contribution in [0.25, 0.3) is 28.4 Å². The van der Waals surface area contributed by atoms with Gasteiger partial charge in [0.1, 0.15) is 41.3 Å². The number of hydrogen-bond donors (Lipinski definition) is 1. The van der Waals surface area contributed by atoms with Crippen molar-refractivity contribution in [2.45, 2.75) is 63.8 Å². The Hall–Kier alpha value is -5.00. The van der Waals surface area contributed by atoms with Gasteiger partial charge in [-0.15, -0.1) is 0 Å². The summed E-state index contributed by atoms with van der Waals surface area (Å²) < 4.78 is 84.9. The number of amides is 1. The largest absolute Gasteiger partial charge is 0.461 e. The molecule has 0 saturated carbocycles. The van der Waals surface area contributed by atoms with Crippen molar-refractivity contribution in [1.29, 1.82) is 0 Å². The van der Waals surface area contributed by atoms with Gasteiger partial charge in [-0.3, -0.25) is 14.7 Å². The minimum atomic E-state index is -4.88. The number of alkyl halides is 4. The number of ether oxygens (including phenoxy) is 1. The van der Waals surface area contributed by atoms with E-state index in [4.69, 9.17) is 15.0 Å². The van der Waals surface area contributed by atoms with Crippen molar-refractivity contribution in [2.24, 2.45) is 5.92 Å². The van der Waals surface area contributed by atoms with Crippen molar-refractivity contribution < 1.29 is 36.0 Å². The molecule has 0 spiro atoms. The predicted molar refractivity (Wildman–Crippen MR) is 184 cm³/mol. The van der Waals surface area contributed by atoms with Crippen LogP contribution in [0.3, 0.4) is 0 Å². The van der Waals surface area contributed by atoms with Gasteiger partial charge in [0.25, 0.3) is 5.89 Å². The molecule has 3 aliphatic rings. The summed E-state index contributed by atoms with van der Waals surface area (Å²) in [4.78, 5) is 39.3. The number of halogens is 5. The Bertz CT molecular complexity index is 2070. The highest BCUT2D eigenvalue weighted by atomic mass is 19.4. The highest BCUT2D eigenvalue weighted by Gasteiger charge is 2.49. The molecule has 0 aromatic carbocycles. The Kier molecular flexibility index (Phi) is 9.44. The van der Waals surface area contributed by atoms with Gasteiger partial charge in [0.2, 0.25) is 5.91 Å². The molecule has 7 heterocycles. The van der Waals surface area contributed by atoms with Gasteiger partial charge >= 0.3 is 12.2 Å². The number of likely N-dealkylation sites (tertiary alicyclic amines) is 1. The first kappa shape index (κ1) is 36.4. The zero-order valence-electron chi connectivity index (χ0n) is 29.6. The lowest BCUT2D eigenvalue weighted by Gasteiger charge is -2.40. The molecule has 7 rings (SSSR count). The molecule has 0 bridgehead atoms. The van der Waals surface area contributed by atoms with Gasteiger partial charge in [0, 0.05) is 69.8 Å². The van der Waals surface area contributed by atoms with E-state index < -0.39 is 40.7 Å². The van der Waals surface area contributed by atoms with Crippen molar-refractivity contribution in [3.05, 3.63) is 47.0 Å². The summed E-state index contributed by atoms with van der Waals surface area (Å²) in [6, 6.07) is 0.842. The molecule has 3 saturated heterocycles. The van der Waals surface area contributed by atoms with Crippen molar-refractivity contribution >= 4 is 34.5 Å². The third kappa shape index (κ3) is 7.07. The molecule has 2 N–H and O–H groups in total. The third-order valence-electron chi connectivity index (χ3n) is 10.1. The summed E-state index contributed by atoms with van der Waals surface area (Å²) in [5.74, 6) is -0.572. The van der Waals surface area contributed by atoms with E-state index in [0.717, 1.165) is 19.0 Å². The number of nitrogens with zero attached hydrogens (tertiary/aromatic N) is 9. The number of anilines is 2. The Morgan fingerprint density at radius 3 is 2.68 bits per heavy atom. The molecule has 53 heavy (non-hydrogen) atoms. The molecule has 2 atom stereocenters. The number of aryl methyl sites for hydroxylation is 1. The minimum Gasteiger partial charge on any atom is -0.461 e. The van der Waals surface area contributed by atoms with Crippen molar-refractivity contribution in [3.8, 4) is 17.4 Å². The Morgan fingerprint density at radius 1 is 1.19 bits per heavy atom. The van der Waals surface area contributed by atoms with Gasteiger partial charge in [0.05, 0.1) is 16.5 Å². The quantitative estimate of drug-likeness (QED) is 0.168. The summed E-state index contributed by atoms with van der Waals surface area (Å²) in [5, 5.41) is 4.00. The van der Waals surface area contributed by atoms with Gasteiger partial charge in [-0.25, -0.2) is 13.8 Å². The number of carbonyl (C=O) groups excluding carboxylic acids is 1. The lowest BCUT2D eigenvalue weighted by Crippen LogP contribution is -2.53. The fraction of sp³-hybridized carbons (Fsp3) is 0.514. The fourth-order valence-corrected chi connectivity index (χ4v) is 7.55. The molecule has 3 aliphatic heterocycles. The Balaban J connectivity index is 1.17. The number of carbonyl (C=O) groups is 1. The second-order valence-corrected chi connectivity index (χ2v) is 14.4. The normalized spacial score (nSPS) is 20.9. The summed E-state index contributed by atoms with van der Waals surface area (Å²) in [6.45, 7) is 7.34. The van der Waals surface area contributed by atoms with Crippen molar-refractivity contribution in [3.63, 3.8) is 0 Å². The average molecular weight is 743 g/mol. The highest BCUT2D eigenvalue weighted by Crippen LogP contribution is 2.42. The molecule has 13 nitrogen and oxygen atoms in total. The summed E-state index contributed by atoms with van der Waals surface area (Å²) in [5.41, 5.74) is 2.06. The smallest absolute Gasteiger partial charge is 0.418 e. The number of hydrogen-bond acceptors (Lipinski definition) is 12. The van der Waals surface area contributed by atoms with E-state index in [-0.39, 0.29) is 70.8 Å². The molecule has 4 aromatic heterocycles. The maximum atomic E-state index is 16.5. The van der Waals surface area contributed by atoms with Gasteiger partial charge in [-0.1, -0.05) is 19.0 Å². The lowest BCUT2D eigenvalue weighted by molar-refractivity contribution is -0.137. The van der Waals surface area contributed by atoms with E-state index in [1.54, 1.807) is 16.8 Å².